The maximum absolute atomic E-state index is 2.33. The molecule has 8 rings (SSSR count). The third-order valence-electron chi connectivity index (χ3n) is 8.23. The lowest BCUT2D eigenvalue weighted by molar-refractivity contribution is 1.65. The Hall–Kier alpha value is -5.20. The topological polar surface area (TPSA) is 0 Å². The lowest BCUT2D eigenvalue weighted by Crippen LogP contribution is -1.92. The van der Waals surface area contributed by atoms with Gasteiger partial charge in [-0.3, -0.25) is 0 Å². The maximum atomic E-state index is 2.33. The summed E-state index contributed by atoms with van der Waals surface area (Å²) in [5, 5.41) is 10.2. The lowest BCUT2D eigenvalue weighted by Gasteiger charge is -2.20. The molecular weight excluding hydrogens is 480 g/mol. The molecule has 0 atom stereocenters. The van der Waals surface area contributed by atoms with Gasteiger partial charge in [-0.15, -0.1) is 0 Å². The van der Waals surface area contributed by atoms with E-state index >= 15 is 0 Å². The van der Waals surface area contributed by atoms with Crippen molar-refractivity contribution in [3.63, 3.8) is 0 Å². The van der Waals surface area contributed by atoms with Gasteiger partial charge in [-0.05, 0) is 82.5 Å². The monoisotopic (exact) mass is 506 g/mol. The molecule has 0 saturated heterocycles. The maximum Gasteiger partial charge on any atom is -0.00199 e. The molecule has 0 aromatic heterocycles. The van der Waals surface area contributed by atoms with Gasteiger partial charge in [-0.2, -0.15) is 0 Å². The molecule has 186 valence electrons. The van der Waals surface area contributed by atoms with Gasteiger partial charge in [0.05, 0.1) is 0 Å². The molecule has 0 heterocycles. The molecule has 0 bridgehead atoms. The van der Waals surface area contributed by atoms with Crippen LogP contribution in [0.5, 0.6) is 0 Å². The number of hydrogen-bond acceptors (Lipinski definition) is 0. The average molecular weight is 507 g/mol. The van der Waals surface area contributed by atoms with Crippen molar-refractivity contribution in [3.8, 4) is 33.4 Å². The van der Waals surface area contributed by atoms with Crippen molar-refractivity contribution >= 4 is 43.1 Å². The summed E-state index contributed by atoms with van der Waals surface area (Å²) in [7, 11) is 0. The molecule has 0 N–H and O–H groups in total. The van der Waals surface area contributed by atoms with Crippen molar-refractivity contribution in [3.05, 3.63) is 158 Å². The Morgan fingerprint density at radius 2 is 0.800 bits per heavy atom. The Morgan fingerprint density at radius 3 is 1.48 bits per heavy atom. The first-order chi connectivity index (χ1) is 19.9. The first kappa shape index (κ1) is 22.8. The largest absolute Gasteiger partial charge is 0.0622 e. The minimum absolute atomic E-state index is 1.24. The molecule has 0 radical (unpaired) electrons. The number of benzene rings is 8. The van der Waals surface area contributed by atoms with Crippen LogP contribution in [0.15, 0.2) is 158 Å². The van der Waals surface area contributed by atoms with Gasteiger partial charge in [-0.25, -0.2) is 0 Å². The van der Waals surface area contributed by atoms with E-state index in [1.54, 1.807) is 0 Å². The predicted octanol–water partition coefficient (Wildman–Crippen LogP) is 11.3. The summed E-state index contributed by atoms with van der Waals surface area (Å²) in [4.78, 5) is 0. The van der Waals surface area contributed by atoms with Crippen LogP contribution in [0.2, 0.25) is 0 Å². The van der Waals surface area contributed by atoms with E-state index in [1.807, 2.05) is 0 Å². The second-order valence-corrected chi connectivity index (χ2v) is 10.5. The number of hydrogen-bond donors (Lipinski definition) is 0. The third kappa shape index (κ3) is 3.54. The summed E-state index contributed by atoms with van der Waals surface area (Å²) < 4.78 is 0. The molecule has 0 saturated carbocycles. The van der Waals surface area contributed by atoms with Crippen molar-refractivity contribution in [1.29, 1.82) is 0 Å². The third-order valence-corrected chi connectivity index (χ3v) is 8.23. The van der Waals surface area contributed by atoms with E-state index in [9.17, 15) is 0 Å². The van der Waals surface area contributed by atoms with E-state index in [1.165, 1.54) is 76.5 Å². The van der Waals surface area contributed by atoms with Gasteiger partial charge >= 0.3 is 0 Å². The molecule has 8 aromatic carbocycles. The van der Waals surface area contributed by atoms with Gasteiger partial charge in [-0.1, -0.05) is 152 Å². The lowest BCUT2D eigenvalue weighted by atomic mass is 9.83. The molecule has 0 heteroatoms. The summed E-state index contributed by atoms with van der Waals surface area (Å²) in [6, 6.07) is 57.5. The van der Waals surface area contributed by atoms with Crippen LogP contribution in [0.4, 0.5) is 0 Å². The zero-order chi connectivity index (χ0) is 26.5. The molecule has 40 heavy (non-hydrogen) atoms. The van der Waals surface area contributed by atoms with Crippen molar-refractivity contribution in [2.24, 2.45) is 0 Å². The van der Waals surface area contributed by atoms with E-state index < -0.39 is 0 Å². The smallest absolute Gasteiger partial charge is 0.00199 e. The molecule has 0 aliphatic heterocycles. The Morgan fingerprint density at radius 1 is 0.275 bits per heavy atom. The Bertz CT molecular complexity index is 2140. The second kappa shape index (κ2) is 9.22. The van der Waals surface area contributed by atoms with Gasteiger partial charge in [0.2, 0.25) is 0 Å². The summed E-state index contributed by atoms with van der Waals surface area (Å²) in [6.07, 6.45) is 0. The van der Waals surface area contributed by atoms with Crippen LogP contribution < -0.4 is 0 Å². The first-order valence-electron chi connectivity index (χ1n) is 13.9. The Labute approximate surface area is 233 Å². The standard InChI is InChI=1S/C40H26/c1-2-13-28(14-3-1)39-33-18-6-8-20-35(33)40(36-21-9-7-19-34(36)39)37-23-11-17-29-16-10-22-32(38(29)37)31-25-24-27-12-4-5-15-30(27)26-31/h1-26H. The summed E-state index contributed by atoms with van der Waals surface area (Å²) in [5.74, 6) is 0. The number of fused-ring (bicyclic) bond motifs is 4. The molecule has 0 aliphatic rings. The summed E-state index contributed by atoms with van der Waals surface area (Å²) in [6.45, 7) is 0. The average Bonchev–Trinajstić information content (AvgIpc) is 3.03. The number of rotatable bonds is 3. The predicted molar refractivity (Wildman–Crippen MR) is 173 cm³/mol. The van der Waals surface area contributed by atoms with Crippen LogP contribution in [0, 0.1) is 0 Å². The van der Waals surface area contributed by atoms with E-state index in [-0.39, 0.29) is 0 Å². The van der Waals surface area contributed by atoms with Gasteiger partial charge in [0.1, 0.15) is 0 Å². The molecule has 0 fully saturated rings. The van der Waals surface area contributed by atoms with Gasteiger partial charge in [0.25, 0.3) is 0 Å². The van der Waals surface area contributed by atoms with Crippen molar-refractivity contribution in [2.45, 2.75) is 0 Å². The van der Waals surface area contributed by atoms with E-state index in [4.69, 9.17) is 0 Å². The normalized spacial score (nSPS) is 11.5. The van der Waals surface area contributed by atoms with Gasteiger partial charge in [0.15, 0.2) is 0 Å². The zero-order valence-electron chi connectivity index (χ0n) is 22.0. The second-order valence-electron chi connectivity index (χ2n) is 10.5. The highest BCUT2D eigenvalue weighted by Gasteiger charge is 2.19. The van der Waals surface area contributed by atoms with Crippen LogP contribution in [0.25, 0.3) is 76.5 Å². The summed E-state index contributed by atoms with van der Waals surface area (Å²) in [5.41, 5.74) is 7.62. The van der Waals surface area contributed by atoms with Gasteiger partial charge in [0, 0.05) is 0 Å². The fourth-order valence-electron chi connectivity index (χ4n) is 6.48. The molecule has 8 aromatic rings. The molecule has 0 unspecified atom stereocenters. The van der Waals surface area contributed by atoms with Crippen LogP contribution in [0.3, 0.4) is 0 Å². The molecule has 0 amide bonds. The molecule has 0 nitrogen and oxygen atoms in total. The minimum Gasteiger partial charge on any atom is -0.0622 e. The van der Waals surface area contributed by atoms with Crippen LogP contribution in [0.1, 0.15) is 0 Å². The fraction of sp³-hybridized carbons (Fsp3) is 0. The Balaban J connectivity index is 1.51. The van der Waals surface area contributed by atoms with Crippen LogP contribution in [-0.4, -0.2) is 0 Å². The van der Waals surface area contributed by atoms with Gasteiger partial charge < -0.3 is 0 Å². The van der Waals surface area contributed by atoms with Crippen LogP contribution >= 0.6 is 0 Å². The minimum atomic E-state index is 1.24. The molecule has 0 spiro atoms. The Kier molecular flexibility index (Phi) is 5.24. The molecule has 0 aliphatic carbocycles. The highest BCUT2D eigenvalue weighted by molar-refractivity contribution is 6.24. The van der Waals surface area contributed by atoms with E-state index in [2.05, 4.69) is 158 Å². The van der Waals surface area contributed by atoms with Crippen LogP contribution in [-0.2, 0) is 0 Å². The van der Waals surface area contributed by atoms with Crippen molar-refractivity contribution in [1.82, 2.24) is 0 Å². The van der Waals surface area contributed by atoms with Crippen molar-refractivity contribution in [2.75, 3.05) is 0 Å². The van der Waals surface area contributed by atoms with E-state index in [0.29, 0.717) is 0 Å². The highest BCUT2D eigenvalue weighted by Crippen LogP contribution is 2.46. The van der Waals surface area contributed by atoms with Crippen molar-refractivity contribution < 1.29 is 0 Å². The fourth-order valence-corrected chi connectivity index (χ4v) is 6.48. The molecular formula is C40H26. The zero-order valence-corrected chi connectivity index (χ0v) is 22.0. The first-order valence-corrected chi connectivity index (χ1v) is 13.9. The SMILES string of the molecule is c1ccc(-c2c3ccccc3c(-c3cccc4cccc(-c5ccc6ccccc6c5)c34)c3ccccc23)cc1. The summed E-state index contributed by atoms with van der Waals surface area (Å²) >= 11 is 0. The highest BCUT2D eigenvalue weighted by atomic mass is 14.2. The van der Waals surface area contributed by atoms with E-state index in [0.717, 1.165) is 0 Å². The quantitative estimate of drug-likeness (QED) is 0.209.